The van der Waals surface area contributed by atoms with Gasteiger partial charge in [0.15, 0.2) is 0 Å². The van der Waals surface area contributed by atoms with Crippen molar-refractivity contribution in [3.05, 3.63) is 40.2 Å². The first kappa shape index (κ1) is 17.0. The Bertz CT molecular complexity index is 970. The van der Waals surface area contributed by atoms with Crippen LogP contribution in [0.25, 0.3) is 11.0 Å². The topological polar surface area (TPSA) is 97.0 Å². The van der Waals surface area contributed by atoms with Crippen LogP contribution < -0.4 is 5.63 Å². The second-order valence-electron chi connectivity index (χ2n) is 6.64. The van der Waals surface area contributed by atoms with Crippen LogP contribution in [0.1, 0.15) is 25.3 Å². The van der Waals surface area contributed by atoms with Gasteiger partial charge in [-0.1, -0.05) is 0 Å². The van der Waals surface area contributed by atoms with Crippen LogP contribution in [-0.2, 0) is 20.9 Å². The zero-order valence-corrected chi connectivity index (χ0v) is 14.9. The number of carbonyl (C=O) groups is 2. The van der Waals surface area contributed by atoms with Crippen molar-refractivity contribution in [3.63, 3.8) is 0 Å². The smallest absolute Gasteiger partial charge is 0.336 e. The van der Waals surface area contributed by atoms with Gasteiger partial charge in [-0.2, -0.15) is 0 Å². The minimum absolute atomic E-state index is 0.0235. The van der Waals surface area contributed by atoms with Crippen LogP contribution in [0.5, 0.6) is 5.75 Å². The third-order valence-electron chi connectivity index (χ3n) is 4.90. The molecule has 0 spiro atoms. The molecule has 0 bridgehead atoms. The zero-order chi connectivity index (χ0) is 18.5. The Kier molecular flexibility index (Phi) is 3.95. The Balaban J connectivity index is 1.55. The van der Waals surface area contributed by atoms with Gasteiger partial charge in [0.25, 0.3) is 0 Å². The highest BCUT2D eigenvalue weighted by Crippen LogP contribution is 2.47. The first-order chi connectivity index (χ1) is 12.4. The molecule has 2 aliphatic heterocycles. The van der Waals surface area contributed by atoms with E-state index in [1.807, 2.05) is 6.92 Å². The third-order valence-corrected chi connectivity index (χ3v) is 6.41. The zero-order valence-electron chi connectivity index (χ0n) is 14.1. The standard InChI is InChI=1S/C18H17NO6S/c1-18-5-4-15(21)19(18)13(9-26-18)17(23)24-8-10-6-16(22)25-14-7-11(20)2-3-12(10)14/h2-3,6-7,13,20H,4-5,8-9H2,1H3/t13-,18+/m1/s1. The molecule has 3 heterocycles. The van der Waals surface area contributed by atoms with Crippen molar-refractivity contribution in [1.29, 1.82) is 0 Å². The van der Waals surface area contributed by atoms with Crippen molar-refractivity contribution in [2.75, 3.05) is 5.75 Å². The van der Waals surface area contributed by atoms with Gasteiger partial charge in [0.05, 0.1) is 4.87 Å². The van der Waals surface area contributed by atoms with Gasteiger partial charge in [-0.3, -0.25) is 4.79 Å². The lowest BCUT2D eigenvalue weighted by molar-refractivity contribution is -0.154. The lowest BCUT2D eigenvalue weighted by Gasteiger charge is -2.29. The Morgan fingerprint density at radius 1 is 1.42 bits per heavy atom. The van der Waals surface area contributed by atoms with Crippen LogP contribution in [-0.4, -0.2) is 38.5 Å². The van der Waals surface area contributed by atoms with Gasteiger partial charge in [-0.25, -0.2) is 9.59 Å². The molecular formula is C18H17NO6S. The van der Waals surface area contributed by atoms with E-state index in [4.69, 9.17) is 9.15 Å². The van der Waals surface area contributed by atoms with Gasteiger partial charge < -0.3 is 19.2 Å². The predicted octanol–water partition coefficient (Wildman–Crippen LogP) is 2.00. The first-order valence-corrected chi connectivity index (χ1v) is 9.24. The molecule has 7 nitrogen and oxygen atoms in total. The molecule has 8 heteroatoms. The maximum atomic E-state index is 12.6. The fraction of sp³-hybridized carbons (Fsp3) is 0.389. The first-order valence-electron chi connectivity index (χ1n) is 8.26. The van der Waals surface area contributed by atoms with Crippen molar-refractivity contribution >= 4 is 34.6 Å². The van der Waals surface area contributed by atoms with Crippen LogP contribution >= 0.6 is 11.8 Å². The molecule has 0 unspecified atom stereocenters. The number of benzene rings is 1. The summed E-state index contributed by atoms with van der Waals surface area (Å²) in [6.07, 6.45) is 1.18. The van der Waals surface area contributed by atoms with E-state index in [1.165, 1.54) is 18.2 Å². The average Bonchev–Trinajstić information content (AvgIpc) is 3.08. The third kappa shape index (κ3) is 2.74. The highest BCUT2D eigenvalue weighted by molar-refractivity contribution is 8.01. The molecule has 2 atom stereocenters. The normalized spacial score (nSPS) is 24.9. The van der Waals surface area contributed by atoms with Gasteiger partial charge in [0, 0.05) is 35.3 Å². The van der Waals surface area contributed by atoms with E-state index in [9.17, 15) is 19.5 Å². The number of rotatable bonds is 3. The van der Waals surface area contributed by atoms with Crippen molar-refractivity contribution in [2.24, 2.45) is 0 Å². The number of amides is 1. The van der Waals surface area contributed by atoms with Gasteiger partial charge in [-0.05, 0) is 25.5 Å². The van der Waals surface area contributed by atoms with E-state index in [0.29, 0.717) is 23.1 Å². The number of hydrogen-bond acceptors (Lipinski definition) is 7. The highest BCUT2D eigenvalue weighted by atomic mass is 32.2. The van der Waals surface area contributed by atoms with E-state index in [-0.39, 0.29) is 28.7 Å². The summed E-state index contributed by atoms with van der Waals surface area (Å²) >= 11 is 1.60. The van der Waals surface area contributed by atoms with E-state index in [1.54, 1.807) is 22.7 Å². The van der Waals surface area contributed by atoms with E-state index < -0.39 is 17.6 Å². The Labute approximate surface area is 152 Å². The van der Waals surface area contributed by atoms with Gasteiger partial charge >= 0.3 is 11.6 Å². The molecule has 2 aromatic rings. The van der Waals surface area contributed by atoms with Gasteiger partial charge in [0.1, 0.15) is 24.0 Å². The summed E-state index contributed by atoms with van der Waals surface area (Å²) in [7, 11) is 0. The molecule has 0 aliphatic carbocycles. The number of esters is 1. The van der Waals surface area contributed by atoms with Crippen LogP contribution in [0.15, 0.2) is 33.5 Å². The molecule has 1 N–H and O–H groups in total. The van der Waals surface area contributed by atoms with E-state index >= 15 is 0 Å². The van der Waals surface area contributed by atoms with Crippen LogP contribution in [0.4, 0.5) is 0 Å². The molecule has 1 amide bonds. The maximum Gasteiger partial charge on any atom is 0.336 e. The molecule has 136 valence electrons. The molecule has 0 saturated carbocycles. The number of thioether (sulfide) groups is 1. The number of ether oxygens (including phenoxy) is 1. The fourth-order valence-corrected chi connectivity index (χ4v) is 4.99. The Morgan fingerprint density at radius 2 is 2.23 bits per heavy atom. The largest absolute Gasteiger partial charge is 0.508 e. The lowest BCUT2D eigenvalue weighted by atomic mass is 10.1. The van der Waals surface area contributed by atoms with Gasteiger partial charge in [-0.15, -0.1) is 11.8 Å². The molecule has 0 radical (unpaired) electrons. The second kappa shape index (κ2) is 6.05. The average molecular weight is 375 g/mol. The summed E-state index contributed by atoms with van der Waals surface area (Å²) in [6, 6.07) is 5.07. The number of aromatic hydroxyl groups is 1. The molecule has 4 rings (SSSR count). The number of fused-ring (bicyclic) bond motifs is 2. The van der Waals surface area contributed by atoms with Crippen molar-refractivity contribution in [3.8, 4) is 5.75 Å². The Morgan fingerprint density at radius 3 is 3.04 bits per heavy atom. The Hall–Kier alpha value is -2.48. The molecule has 2 fully saturated rings. The summed E-state index contributed by atoms with van der Waals surface area (Å²) in [4.78, 5) is 37.7. The summed E-state index contributed by atoms with van der Waals surface area (Å²) < 4.78 is 10.5. The van der Waals surface area contributed by atoms with Crippen LogP contribution in [0.2, 0.25) is 0 Å². The number of phenolic OH excluding ortho intramolecular Hbond substituents is 1. The monoisotopic (exact) mass is 375 g/mol. The SMILES string of the molecule is C[C@]12CCC(=O)N1[C@@H](C(=O)OCc1cc(=O)oc3cc(O)ccc13)CS2. The van der Waals surface area contributed by atoms with Crippen molar-refractivity contribution in [2.45, 2.75) is 37.3 Å². The molecule has 26 heavy (non-hydrogen) atoms. The summed E-state index contributed by atoms with van der Waals surface area (Å²) in [5.74, 6) is -0.0194. The molecular weight excluding hydrogens is 358 g/mol. The quantitative estimate of drug-likeness (QED) is 0.647. The number of carbonyl (C=O) groups excluding carboxylic acids is 2. The number of phenols is 1. The lowest BCUT2D eigenvalue weighted by Crippen LogP contribution is -2.46. The molecule has 2 aliphatic rings. The minimum atomic E-state index is -0.601. The van der Waals surface area contributed by atoms with Crippen molar-refractivity contribution < 1.29 is 23.8 Å². The summed E-state index contributed by atoms with van der Waals surface area (Å²) in [5, 5.41) is 10.1. The van der Waals surface area contributed by atoms with Crippen LogP contribution in [0.3, 0.4) is 0 Å². The van der Waals surface area contributed by atoms with Gasteiger partial charge in [0.2, 0.25) is 5.91 Å². The molecule has 1 aromatic carbocycles. The van der Waals surface area contributed by atoms with E-state index in [0.717, 1.165) is 6.42 Å². The number of nitrogens with zero attached hydrogens (tertiary/aromatic N) is 1. The van der Waals surface area contributed by atoms with Crippen molar-refractivity contribution in [1.82, 2.24) is 4.90 Å². The fourth-order valence-electron chi connectivity index (χ4n) is 3.58. The highest BCUT2D eigenvalue weighted by Gasteiger charge is 2.53. The molecule has 1 aromatic heterocycles. The molecule has 2 saturated heterocycles. The maximum absolute atomic E-state index is 12.6. The van der Waals surface area contributed by atoms with Crippen LogP contribution in [0, 0.1) is 0 Å². The predicted molar refractivity (Wildman–Crippen MR) is 94.7 cm³/mol. The number of hydrogen-bond donors (Lipinski definition) is 1. The summed E-state index contributed by atoms with van der Waals surface area (Å²) in [5.41, 5.74) is 0.126. The second-order valence-corrected chi connectivity index (χ2v) is 8.15. The summed E-state index contributed by atoms with van der Waals surface area (Å²) in [6.45, 7) is 1.86. The minimum Gasteiger partial charge on any atom is -0.508 e. The van der Waals surface area contributed by atoms with E-state index in [2.05, 4.69) is 0 Å².